The van der Waals surface area contributed by atoms with Crippen molar-refractivity contribution >= 4 is 26.0 Å². The first-order chi connectivity index (χ1) is 9.89. The summed E-state index contributed by atoms with van der Waals surface area (Å²) in [6.45, 7) is 6.17. The lowest BCUT2D eigenvalue weighted by molar-refractivity contribution is 0.336. The van der Waals surface area contributed by atoms with E-state index in [2.05, 4.69) is 21.2 Å². The minimum absolute atomic E-state index is 0.269. The Morgan fingerprint density at radius 1 is 1.43 bits per heavy atom. The first-order valence-electron chi connectivity index (χ1n) is 7.38. The van der Waals surface area contributed by atoms with Gasteiger partial charge in [0.05, 0.1) is 4.90 Å². The number of rotatable bonds is 6. The van der Waals surface area contributed by atoms with Crippen LogP contribution in [0, 0.1) is 5.92 Å². The summed E-state index contributed by atoms with van der Waals surface area (Å²) < 4.78 is 28.2. The highest BCUT2D eigenvalue weighted by molar-refractivity contribution is 9.10. The Balaban J connectivity index is 2.24. The van der Waals surface area contributed by atoms with E-state index in [1.165, 1.54) is 0 Å². The molecule has 1 heterocycles. The SMILES string of the molecule is CC(C)CN(CC1CCCN1)S(=O)(=O)c1cccc(Br)c1. The number of hydrogen-bond donors (Lipinski definition) is 1. The highest BCUT2D eigenvalue weighted by Crippen LogP contribution is 2.22. The molecule has 0 amide bonds. The molecule has 21 heavy (non-hydrogen) atoms. The van der Waals surface area contributed by atoms with E-state index in [0.717, 1.165) is 23.9 Å². The van der Waals surface area contributed by atoms with Crippen molar-refractivity contribution in [3.05, 3.63) is 28.7 Å². The fourth-order valence-corrected chi connectivity index (χ4v) is 4.86. The largest absolute Gasteiger partial charge is 0.313 e. The number of sulfonamides is 1. The summed E-state index contributed by atoms with van der Waals surface area (Å²) in [7, 11) is -3.44. The van der Waals surface area contributed by atoms with Crippen LogP contribution in [0.3, 0.4) is 0 Å². The van der Waals surface area contributed by atoms with Gasteiger partial charge >= 0.3 is 0 Å². The number of nitrogens with zero attached hydrogens (tertiary/aromatic N) is 1. The quantitative estimate of drug-likeness (QED) is 0.832. The molecule has 1 unspecified atom stereocenters. The summed E-state index contributed by atoms with van der Waals surface area (Å²) in [4.78, 5) is 0.357. The molecule has 4 nitrogen and oxygen atoms in total. The third-order valence-electron chi connectivity index (χ3n) is 3.59. The van der Waals surface area contributed by atoms with Crippen molar-refractivity contribution in [2.75, 3.05) is 19.6 Å². The number of halogens is 1. The first kappa shape index (κ1) is 16.9. The molecule has 1 fully saturated rings. The van der Waals surface area contributed by atoms with E-state index >= 15 is 0 Å². The maximum Gasteiger partial charge on any atom is 0.243 e. The molecular weight excluding hydrogens is 352 g/mol. The number of benzene rings is 1. The second-order valence-electron chi connectivity index (χ2n) is 5.97. The van der Waals surface area contributed by atoms with Crippen LogP contribution in [-0.2, 0) is 10.0 Å². The average molecular weight is 375 g/mol. The van der Waals surface area contributed by atoms with Crippen LogP contribution in [0.5, 0.6) is 0 Å². The Hall–Kier alpha value is -0.430. The van der Waals surface area contributed by atoms with Crippen molar-refractivity contribution in [2.45, 2.75) is 37.6 Å². The van der Waals surface area contributed by atoms with Crippen LogP contribution < -0.4 is 5.32 Å². The van der Waals surface area contributed by atoms with Crippen LogP contribution >= 0.6 is 15.9 Å². The Kier molecular flexibility index (Phi) is 5.82. The minimum atomic E-state index is -3.44. The molecule has 0 saturated carbocycles. The van der Waals surface area contributed by atoms with Crippen molar-refractivity contribution in [1.29, 1.82) is 0 Å². The molecular formula is C15H23BrN2O2S. The third-order valence-corrected chi connectivity index (χ3v) is 5.91. The molecule has 1 aromatic rings. The molecule has 1 atom stereocenters. The van der Waals surface area contributed by atoms with Gasteiger partial charge in [0, 0.05) is 23.6 Å². The smallest absolute Gasteiger partial charge is 0.243 e. The van der Waals surface area contributed by atoms with E-state index in [1.807, 2.05) is 19.9 Å². The lowest BCUT2D eigenvalue weighted by atomic mass is 10.2. The zero-order valence-corrected chi connectivity index (χ0v) is 15.0. The summed E-state index contributed by atoms with van der Waals surface area (Å²) in [6.07, 6.45) is 2.17. The number of hydrogen-bond acceptors (Lipinski definition) is 3. The normalized spacial score (nSPS) is 19.6. The van der Waals surface area contributed by atoms with Gasteiger partial charge in [0.15, 0.2) is 0 Å². The molecule has 6 heteroatoms. The van der Waals surface area contributed by atoms with Crippen molar-refractivity contribution in [1.82, 2.24) is 9.62 Å². The van der Waals surface area contributed by atoms with Crippen LogP contribution in [0.15, 0.2) is 33.6 Å². The van der Waals surface area contributed by atoms with Crippen LogP contribution in [0.2, 0.25) is 0 Å². The predicted molar refractivity (Wildman–Crippen MR) is 88.8 cm³/mol. The average Bonchev–Trinajstić information content (AvgIpc) is 2.90. The van der Waals surface area contributed by atoms with Gasteiger partial charge in [-0.25, -0.2) is 8.42 Å². The van der Waals surface area contributed by atoms with Crippen molar-refractivity contribution in [3.63, 3.8) is 0 Å². The van der Waals surface area contributed by atoms with E-state index < -0.39 is 10.0 Å². The van der Waals surface area contributed by atoms with E-state index in [0.29, 0.717) is 23.9 Å². The maximum absolute atomic E-state index is 12.9. The van der Waals surface area contributed by atoms with Gasteiger partial charge in [0.25, 0.3) is 0 Å². The van der Waals surface area contributed by atoms with Crippen molar-refractivity contribution in [2.24, 2.45) is 5.92 Å². The van der Waals surface area contributed by atoms with Crippen molar-refractivity contribution in [3.8, 4) is 0 Å². The Labute approximate surface area is 136 Å². The summed E-state index contributed by atoms with van der Waals surface area (Å²) >= 11 is 3.35. The summed E-state index contributed by atoms with van der Waals surface area (Å²) in [5.41, 5.74) is 0. The molecule has 1 aliphatic rings. The van der Waals surface area contributed by atoms with E-state index in [-0.39, 0.29) is 6.04 Å². The van der Waals surface area contributed by atoms with Crippen LogP contribution in [0.25, 0.3) is 0 Å². The molecule has 0 bridgehead atoms. The minimum Gasteiger partial charge on any atom is -0.313 e. The molecule has 0 spiro atoms. The molecule has 1 N–H and O–H groups in total. The van der Waals surface area contributed by atoms with Crippen LogP contribution in [0.1, 0.15) is 26.7 Å². The second-order valence-corrected chi connectivity index (χ2v) is 8.82. The highest BCUT2D eigenvalue weighted by Gasteiger charge is 2.28. The Bertz CT molecular complexity index is 569. The monoisotopic (exact) mass is 374 g/mol. The van der Waals surface area contributed by atoms with Gasteiger partial charge in [-0.1, -0.05) is 35.8 Å². The predicted octanol–water partition coefficient (Wildman–Crippen LogP) is 2.85. The first-order valence-corrected chi connectivity index (χ1v) is 9.62. The second kappa shape index (κ2) is 7.22. The fourth-order valence-electron chi connectivity index (χ4n) is 2.61. The molecule has 0 aromatic heterocycles. The summed E-state index contributed by atoms with van der Waals surface area (Å²) in [5, 5.41) is 3.38. The Morgan fingerprint density at radius 2 is 2.19 bits per heavy atom. The van der Waals surface area contributed by atoms with Gasteiger partial charge in [0.2, 0.25) is 10.0 Å². The molecule has 1 aliphatic heterocycles. The molecule has 1 saturated heterocycles. The van der Waals surface area contributed by atoms with Gasteiger partial charge in [-0.15, -0.1) is 0 Å². The van der Waals surface area contributed by atoms with E-state index in [4.69, 9.17) is 0 Å². The van der Waals surface area contributed by atoms with Gasteiger partial charge in [-0.2, -0.15) is 4.31 Å². The molecule has 0 aliphatic carbocycles. The maximum atomic E-state index is 12.9. The topological polar surface area (TPSA) is 49.4 Å². The van der Waals surface area contributed by atoms with E-state index in [1.54, 1.807) is 22.5 Å². The number of nitrogens with one attached hydrogen (secondary N) is 1. The van der Waals surface area contributed by atoms with Gasteiger partial charge in [-0.3, -0.25) is 0 Å². The van der Waals surface area contributed by atoms with Crippen LogP contribution in [-0.4, -0.2) is 38.4 Å². The molecule has 118 valence electrons. The van der Waals surface area contributed by atoms with Gasteiger partial charge < -0.3 is 5.32 Å². The standard InChI is InChI=1S/C15H23BrN2O2S/c1-12(2)10-18(11-14-6-4-8-17-14)21(19,20)15-7-3-5-13(16)9-15/h3,5,7,9,12,14,17H,4,6,8,10-11H2,1-2H3. The summed E-state index contributed by atoms with van der Waals surface area (Å²) in [5.74, 6) is 0.299. The molecule has 2 rings (SSSR count). The van der Waals surface area contributed by atoms with Gasteiger partial charge in [-0.05, 0) is 43.5 Å². The zero-order chi connectivity index (χ0) is 15.5. The van der Waals surface area contributed by atoms with E-state index in [9.17, 15) is 8.42 Å². The lowest BCUT2D eigenvalue weighted by Gasteiger charge is -2.26. The fraction of sp³-hybridized carbons (Fsp3) is 0.600. The summed E-state index contributed by atoms with van der Waals surface area (Å²) in [6, 6.07) is 7.20. The van der Waals surface area contributed by atoms with Crippen LogP contribution in [0.4, 0.5) is 0 Å². The van der Waals surface area contributed by atoms with Crippen molar-refractivity contribution < 1.29 is 8.42 Å². The third kappa shape index (κ3) is 4.52. The Morgan fingerprint density at radius 3 is 2.76 bits per heavy atom. The zero-order valence-electron chi connectivity index (χ0n) is 12.5. The van der Waals surface area contributed by atoms with Gasteiger partial charge in [0.1, 0.15) is 0 Å². The molecule has 1 aromatic carbocycles. The molecule has 0 radical (unpaired) electrons. The highest BCUT2D eigenvalue weighted by atomic mass is 79.9. The lowest BCUT2D eigenvalue weighted by Crippen LogP contribution is -2.42.